The van der Waals surface area contributed by atoms with Gasteiger partial charge in [-0.25, -0.2) is 15.0 Å². The number of anilines is 2. The van der Waals surface area contributed by atoms with E-state index in [2.05, 4.69) is 130 Å². The molecule has 0 saturated heterocycles. The lowest BCUT2D eigenvalue weighted by atomic mass is 9.87. The fraction of sp³-hybridized carbons (Fsp3) is 0.364. The van der Waals surface area contributed by atoms with Gasteiger partial charge in [0.25, 0.3) is 0 Å². The molecule has 9 nitrogen and oxygen atoms in total. The van der Waals surface area contributed by atoms with Crippen molar-refractivity contribution in [3.05, 3.63) is 89.8 Å². The van der Waals surface area contributed by atoms with Crippen molar-refractivity contribution in [1.82, 2.24) is 18.9 Å². The van der Waals surface area contributed by atoms with Crippen LogP contribution in [0.2, 0.25) is 0 Å². The molecular formula is C33H37N9. The zero-order valence-electron chi connectivity index (χ0n) is 24.7. The van der Waals surface area contributed by atoms with Gasteiger partial charge in [0.15, 0.2) is 0 Å². The van der Waals surface area contributed by atoms with Crippen LogP contribution in [0.1, 0.15) is 25.7 Å². The Morgan fingerprint density at radius 3 is 2.21 bits per heavy atom. The number of hydrogen-bond acceptors (Lipinski definition) is 7. The van der Waals surface area contributed by atoms with Crippen molar-refractivity contribution in [2.45, 2.75) is 43.8 Å². The van der Waals surface area contributed by atoms with Crippen LogP contribution >= 0.6 is 0 Å². The van der Waals surface area contributed by atoms with Crippen molar-refractivity contribution >= 4 is 34.3 Å². The Kier molecular flexibility index (Phi) is 5.70. The van der Waals surface area contributed by atoms with E-state index in [9.17, 15) is 0 Å². The third-order valence-corrected chi connectivity index (χ3v) is 9.52. The van der Waals surface area contributed by atoms with E-state index >= 15 is 0 Å². The Bertz CT molecular complexity index is 1770. The van der Waals surface area contributed by atoms with Gasteiger partial charge in [0.2, 0.25) is 17.5 Å². The van der Waals surface area contributed by atoms with Crippen LogP contribution in [0.4, 0.5) is 11.4 Å². The minimum Gasteiger partial charge on any atom is -0.317 e. The molecular weight excluding hydrogens is 522 g/mol. The predicted octanol–water partition coefficient (Wildman–Crippen LogP) is 4.32. The van der Waals surface area contributed by atoms with E-state index in [1.54, 1.807) is 0 Å². The van der Waals surface area contributed by atoms with Crippen LogP contribution in [0.15, 0.2) is 99.2 Å². The second-order valence-electron chi connectivity index (χ2n) is 11.9. The molecule has 1 fully saturated rings. The van der Waals surface area contributed by atoms with E-state index in [1.165, 1.54) is 33.8 Å². The first-order chi connectivity index (χ1) is 20.5. The molecule has 0 N–H and O–H groups in total. The van der Waals surface area contributed by atoms with Gasteiger partial charge in [-0.05, 0) is 49.6 Å². The molecule has 0 spiro atoms. The number of nitrogens with zero attached hydrogens (tertiary/aromatic N) is 9. The zero-order valence-corrected chi connectivity index (χ0v) is 24.7. The molecule has 8 rings (SSSR count). The van der Waals surface area contributed by atoms with Crippen molar-refractivity contribution in [2.24, 2.45) is 29.1 Å². The molecule has 9 heteroatoms. The monoisotopic (exact) mass is 559 g/mol. The van der Waals surface area contributed by atoms with Gasteiger partial charge in [-0.2, -0.15) is 0 Å². The lowest BCUT2D eigenvalue weighted by Crippen LogP contribution is -2.45. The van der Waals surface area contributed by atoms with E-state index in [1.807, 2.05) is 0 Å². The zero-order chi connectivity index (χ0) is 28.5. The van der Waals surface area contributed by atoms with Crippen molar-refractivity contribution < 1.29 is 0 Å². The number of rotatable bonds is 1. The van der Waals surface area contributed by atoms with Gasteiger partial charge in [0.1, 0.15) is 6.67 Å². The molecule has 3 unspecified atom stereocenters. The van der Waals surface area contributed by atoms with Crippen molar-refractivity contribution in [3.8, 4) is 0 Å². The summed E-state index contributed by atoms with van der Waals surface area (Å²) < 4.78 is 4.43. The lowest BCUT2D eigenvalue weighted by molar-refractivity contribution is 0.341. The van der Waals surface area contributed by atoms with Crippen molar-refractivity contribution in [2.75, 3.05) is 30.6 Å². The molecule has 2 aromatic carbocycles. The highest BCUT2D eigenvalue weighted by Crippen LogP contribution is 2.40. The topological polar surface area (TPSA) is 59.9 Å². The summed E-state index contributed by atoms with van der Waals surface area (Å²) in [6.07, 6.45) is 12.4. The third kappa shape index (κ3) is 3.72. The van der Waals surface area contributed by atoms with Gasteiger partial charge >= 0.3 is 0 Å². The summed E-state index contributed by atoms with van der Waals surface area (Å²) in [6.45, 7) is 0.658. The second-order valence-corrected chi connectivity index (χ2v) is 11.9. The summed E-state index contributed by atoms with van der Waals surface area (Å²) in [5.74, 6) is 2.01. The van der Waals surface area contributed by atoms with E-state index < -0.39 is 0 Å². The summed E-state index contributed by atoms with van der Waals surface area (Å²) in [4.78, 5) is 25.7. The number of aryl methyl sites for hydroxylation is 2. The minimum atomic E-state index is 0.0263. The highest BCUT2D eigenvalue weighted by Gasteiger charge is 2.42. The summed E-state index contributed by atoms with van der Waals surface area (Å²) >= 11 is 0. The number of allylic oxidation sites excluding steroid dienone is 4. The van der Waals surface area contributed by atoms with Gasteiger partial charge in [0, 0.05) is 40.3 Å². The molecule has 0 amide bonds. The Balaban J connectivity index is 1.23. The number of imidazole rings is 1. The molecule has 0 bridgehead atoms. The largest absolute Gasteiger partial charge is 0.317 e. The van der Waals surface area contributed by atoms with Gasteiger partial charge in [-0.15, -0.1) is 0 Å². The first-order valence-electron chi connectivity index (χ1n) is 15.0. The molecule has 1 aromatic heterocycles. The van der Waals surface area contributed by atoms with Crippen molar-refractivity contribution in [1.29, 1.82) is 0 Å². The van der Waals surface area contributed by atoms with Gasteiger partial charge in [0.05, 0.1) is 46.2 Å². The molecule has 3 atom stereocenters. The highest BCUT2D eigenvalue weighted by atomic mass is 15.5. The first kappa shape index (κ1) is 25.2. The van der Waals surface area contributed by atoms with Crippen LogP contribution in [0.3, 0.4) is 0 Å². The summed E-state index contributed by atoms with van der Waals surface area (Å²) in [5.41, 5.74) is 8.28. The standard InChI is InChI=1S/C33H37N9/c1-37-25-13-8-9-14-26(25)38(2)31(37)34-22-18-19-23-24(20-22)36-33-40(4)28-15-10-11-17-30(28)42(33)21-41-29-16-7-5-6-12-27(29)39(3)32(41)35-23/h5-11,13-17,22-24H,12,18-21H2,1-4H3/b35-32+,36-33+. The number of fused-ring (bicyclic) bond motifs is 7. The summed E-state index contributed by atoms with van der Waals surface area (Å²) in [6, 6.07) is 17.4. The molecule has 3 aliphatic heterocycles. The van der Waals surface area contributed by atoms with Crippen LogP contribution in [0.5, 0.6) is 0 Å². The fourth-order valence-electron chi connectivity index (χ4n) is 7.30. The number of hydrogen-bond donors (Lipinski definition) is 0. The molecule has 5 aliphatic rings. The maximum Gasteiger partial charge on any atom is 0.207 e. The Labute approximate surface area is 246 Å². The molecule has 2 aliphatic carbocycles. The van der Waals surface area contributed by atoms with Gasteiger partial charge < -0.3 is 18.9 Å². The average molecular weight is 560 g/mol. The number of aromatic nitrogens is 2. The molecule has 4 heterocycles. The minimum absolute atomic E-state index is 0.0263. The van der Waals surface area contributed by atoms with E-state index in [0.29, 0.717) is 6.67 Å². The Morgan fingerprint density at radius 2 is 1.43 bits per heavy atom. The van der Waals surface area contributed by atoms with Crippen LogP contribution in [0, 0.1) is 0 Å². The lowest BCUT2D eigenvalue weighted by Gasteiger charge is -2.31. The quantitative estimate of drug-likeness (QED) is 0.446. The van der Waals surface area contributed by atoms with Crippen LogP contribution in [-0.4, -0.2) is 69.7 Å². The second kappa shape index (κ2) is 9.51. The molecule has 1 saturated carbocycles. The summed E-state index contributed by atoms with van der Waals surface area (Å²) in [7, 11) is 8.54. The Hall–Kier alpha value is -4.53. The maximum atomic E-state index is 5.53. The average Bonchev–Trinajstić information content (AvgIpc) is 3.40. The molecule has 3 aromatic rings. The fourth-order valence-corrected chi connectivity index (χ4v) is 7.30. The molecule has 42 heavy (non-hydrogen) atoms. The number of guanidine groups is 2. The Morgan fingerprint density at radius 1 is 0.738 bits per heavy atom. The first-order valence-corrected chi connectivity index (χ1v) is 15.0. The van der Waals surface area contributed by atoms with Crippen LogP contribution in [0.25, 0.3) is 11.0 Å². The normalized spacial score (nSPS) is 27.2. The molecule has 214 valence electrons. The third-order valence-electron chi connectivity index (χ3n) is 9.52. The van der Waals surface area contributed by atoms with E-state index in [-0.39, 0.29) is 18.1 Å². The summed E-state index contributed by atoms with van der Waals surface area (Å²) in [5, 5.41) is 0. The van der Waals surface area contributed by atoms with E-state index in [4.69, 9.17) is 15.0 Å². The van der Waals surface area contributed by atoms with Crippen LogP contribution < -0.4 is 15.4 Å². The number of benzene rings is 2. The van der Waals surface area contributed by atoms with Gasteiger partial charge in [-0.3, -0.25) is 9.80 Å². The highest BCUT2D eigenvalue weighted by molar-refractivity contribution is 6.16. The van der Waals surface area contributed by atoms with Crippen LogP contribution in [-0.2, 0) is 14.1 Å². The molecule has 0 radical (unpaired) electrons. The number of para-hydroxylation sites is 4. The maximum absolute atomic E-state index is 5.53. The predicted molar refractivity (Wildman–Crippen MR) is 169 cm³/mol. The van der Waals surface area contributed by atoms with Crippen molar-refractivity contribution in [3.63, 3.8) is 0 Å². The van der Waals surface area contributed by atoms with E-state index in [0.717, 1.165) is 43.2 Å². The van der Waals surface area contributed by atoms with Gasteiger partial charge in [-0.1, -0.05) is 42.5 Å². The SMILES string of the molecule is CN1C2=C(C=CC=CC2)N2CN3/C(=N/C4CC(N=c5n(C)c6ccccc6n5C)CCC4/N=C\12)N(C)c1ccccc13. The number of aliphatic imine (C=N–C) groups is 2. The smallest absolute Gasteiger partial charge is 0.207 e.